The van der Waals surface area contributed by atoms with Crippen LogP contribution < -0.4 is 5.32 Å². The number of hydrogen-bond donors (Lipinski definition) is 2. The van der Waals surface area contributed by atoms with Gasteiger partial charge in [0, 0.05) is 30.5 Å². The van der Waals surface area contributed by atoms with E-state index < -0.39 is 0 Å². The first kappa shape index (κ1) is 11.6. The maximum absolute atomic E-state index is 5.69. The van der Waals surface area contributed by atoms with Gasteiger partial charge in [0.2, 0.25) is 0 Å². The average Bonchev–Trinajstić information content (AvgIpc) is 2.74. The van der Waals surface area contributed by atoms with Gasteiger partial charge in [-0.15, -0.1) is 0 Å². The first-order chi connectivity index (χ1) is 7.77. The fourth-order valence-electron chi connectivity index (χ4n) is 2.18. The van der Waals surface area contributed by atoms with Crippen molar-refractivity contribution in [2.24, 2.45) is 0 Å². The van der Waals surface area contributed by atoms with E-state index in [4.69, 9.17) is 4.74 Å². The summed E-state index contributed by atoms with van der Waals surface area (Å²) in [6.07, 6.45) is 5.99. The van der Waals surface area contributed by atoms with Gasteiger partial charge in [0.25, 0.3) is 0 Å². The molecule has 90 valence electrons. The number of ether oxygens (including phenoxy) is 1. The lowest BCUT2D eigenvalue weighted by Gasteiger charge is -2.24. The van der Waals surface area contributed by atoms with E-state index in [0.717, 1.165) is 18.8 Å². The van der Waals surface area contributed by atoms with Gasteiger partial charge < -0.3 is 10.1 Å². The van der Waals surface area contributed by atoms with Crippen LogP contribution in [0.2, 0.25) is 0 Å². The second kappa shape index (κ2) is 5.46. The maximum atomic E-state index is 5.69. The molecule has 4 heteroatoms. The molecule has 1 saturated heterocycles. The van der Waals surface area contributed by atoms with Crippen LogP contribution >= 0.6 is 0 Å². The van der Waals surface area contributed by atoms with Crippen LogP contribution in [0.25, 0.3) is 0 Å². The van der Waals surface area contributed by atoms with Crippen molar-refractivity contribution in [3.8, 4) is 0 Å². The van der Waals surface area contributed by atoms with Gasteiger partial charge in [0.15, 0.2) is 0 Å². The number of nitrogens with zero attached hydrogens (tertiary/aromatic N) is 1. The van der Waals surface area contributed by atoms with E-state index in [0.29, 0.717) is 12.1 Å². The highest BCUT2D eigenvalue weighted by Gasteiger charge is 2.16. The number of aromatic nitrogens is 2. The summed E-state index contributed by atoms with van der Waals surface area (Å²) in [5.41, 5.74) is 2.39. The van der Waals surface area contributed by atoms with Gasteiger partial charge >= 0.3 is 0 Å². The van der Waals surface area contributed by atoms with E-state index in [1.165, 1.54) is 24.8 Å². The van der Waals surface area contributed by atoms with E-state index in [2.05, 4.69) is 29.4 Å². The summed E-state index contributed by atoms with van der Waals surface area (Å²) in [7, 11) is 0. The molecule has 2 atom stereocenters. The summed E-state index contributed by atoms with van der Waals surface area (Å²) < 4.78 is 5.69. The fourth-order valence-corrected chi connectivity index (χ4v) is 2.18. The third-order valence-corrected chi connectivity index (χ3v) is 3.26. The molecule has 0 saturated carbocycles. The van der Waals surface area contributed by atoms with Crippen LogP contribution in [-0.2, 0) is 4.74 Å². The minimum atomic E-state index is 0.337. The molecule has 0 amide bonds. The second-order valence-corrected chi connectivity index (χ2v) is 4.57. The Labute approximate surface area is 96.8 Å². The zero-order valence-corrected chi connectivity index (χ0v) is 10.1. The molecule has 1 aromatic heterocycles. The van der Waals surface area contributed by atoms with E-state index in [1.807, 2.05) is 6.20 Å². The Morgan fingerprint density at radius 2 is 2.50 bits per heavy atom. The van der Waals surface area contributed by atoms with Gasteiger partial charge in [-0.2, -0.15) is 5.10 Å². The summed E-state index contributed by atoms with van der Waals surface area (Å²) in [6.45, 7) is 6.08. The maximum Gasteiger partial charge on any atom is 0.0699 e. The lowest BCUT2D eigenvalue weighted by atomic mass is 10.1. The van der Waals surface area contributed by atoms with Gasteiger partial charge in [0.05, 0.1) is 12.3 Å². The van der Waals surface area contributed by atoms with Gasteiger partial charge in [-0.1, -0.05) is 0 Å². The minimum absolute atomic E-state index is 0.337. The zero-order valence-electron chi connectivity index (χ0n) is 10.1. The monoisotopic (exact) mass is 223 g/mol. The van der Waals surface area contributed by atoms with Crippen molar-refractivity contribution < 1.29 is 4.74 Å². The number of rotatable bonds is 4. The predicted octanol–water partition coefficient (Wildman–Crippen LogP) is 1.94. The highest BCUT2D eigenvalue weighted by molar-refractivity contribution is 5.18. The molecule has 2 unspecified atom stereocenters. The first-order valence-corrected chi connectivity index (χ1v) is 6.12. The molecule has 0 radical (unpaired) electrons. The molecule has 1 aliphatic heterocycles. The molecule has 0 aliphatic carbocycles. The van der Waals surface area contributed by atoms with Crippen molar-refractivity contribution in [1.29, 1.82) is 0 Å². The Kier molecular flexibility index (Phi) is 3.96. The van der Waals surface area contributed by atoms with Crippen LogP contribution in [0, 0.1) is 6.92 Å². The smallest absolute Gasteiger partial charge is 0.0699 e. The van der Waals surface area contributed by atoms with Crippen LogP contribution in [0.3, 0.4) is 0 Å². The van der Waals surface area contributed by atoms with E-state index in [-0.39, 0.29) is 0 Å². The molecule has 0 aromatic carbocycles. The van der Waals surface area contributed by atoms with Crippen LogP contribution in [0.15, 0.2) is 6.20 Å². The minimum Gasteiger partial charge on any atom is -0.377 e. The molecule has 1 aromatic rings. The molecule has 2 N–H and O–H groups in total. The standard InChI is InChI=1S/C12H21N3O/c1-9(12-8-14-15-10(12)2)13-7-11-5-3-4-6-16-11/h8-9,11,13H,3-7H2,1-2H3,(H,14,15). The SMILES string of the molecule is Cc1[nH]ncc1C(C)NCC1CCCCO1. The molecular weight excluding hydrogens is 202 g/mol. The van der Waals surface area contributed by atoms with E-state index >= 15 is 0 Å². The Hall–Kier alpha value is -0.870. The lowest BCUT2D eigenvalue weighted by molar-refractivity contribution is 0.0156. The van der Waals surface area contributed by atoms with Crippen LogP contribution in [0.5, 0.6) is 0 Å². The van der Waals surface area contributed by atoms with Gasteiger partial charge in [0.1, 0.15) is 0 Å². The molecule has 4 nitrogen and oxygen atoms in total. The summed E-state index contributed by atoms with van der Waals surface area (Å²) in [5.74, 6) is 0. The Morgan fingerprint density at radius 1 is 1.62 bits per heavy atom. The first-order valence-electron chi connectivity index (χ1n) is 6.12. The number of nitrogens with one attached hydrogen (secondary N) is 2. The fraction of sp³-hybridized carbons (Fsp3) is 0.750. The average molecular weight is 223 g/mol. The number of aromatic amines is 1. The van der Waals surface area contributed by atoms with Crippen molar-refractivity contribution in [3.05, 3.63) is 17.5 Å². The van der Waals surface area contributed by atoms with Crippen molar-refractivity contribution in [1.82, 2.24) is 15.5 Å². The number of aryl methyl sites for hydroxylation is 1. The molecule has 16 heavy (non-hydrogen) atoms. The van der Waals surface area contributed by atoms with Crippen molar-refractivity contribution in [2.45, 2.75) is 45.3 Å². The Bertz CT molecular complexity index is 318. The third kappa shape index (κ3) is 2.83. The molecule has 1 aliphatic rings. The summed E-state index contributed by atoms with van der Waals surface area (Å²) in [5, 5.41) is 10.5. The van der Waals surface area contributed by atoms with Crippen LogP contribution in [-0.4, -0.2) is 29.5 Å². The van der Waals surface area contributed by atoms with Gasteiger partial charge in [-0.05, 0) is 33.1 Å². The zero-order chi connectivity index (χ0) is 11.4. The summed E-state index contributed by atoms with van der Waals surface area (Å²) in [6, 6.07) is 0.337. The molecule has 1 fully saturated rings. The third-order valence-electron chi connectivity index (χ3n) is 3.26. The predicted molar refractivity (Wildman–Crippen MR) is 63.3 cm³/mol. The lowest BCUT2D eigenvalue weighted by Crippen LogP contribution is -2.33. The van der Waals surface area contributed by atoms with Crippen LogP contribution in [0.4, 0.5) is 0 Å². The second-order valence-electron chi connectivity index (χ2n) is 4.57. The number of hydrogen-bond acceptors (Lipinski definition) is 3. The Morgan fingerprint density at radius 3 is 3.12 bits per heavy atom. The molecule has 0 bridgehead atoms. The number of H-pyrrole nitrogens is 1. The van der Waals surface area contributed by atoms with Crippen LogP contribution in [0.1, 0.15) is 43.5 Å². The quantitative estimate of drug-likeness (QED) is 0.820. The molecule has 0 spiro atoms. The Balaban J connectivity index is 1.79. The van der Waals surface area contributed by atoms with Gasteiger partial charge in [-0.3, -0.25) is 5.10 Å². The van der Waals surface area contributed by atoms with E-state index in [9.17, 15) is 0 Å². The highest BCUT2D eigenvalue weighted by Crippen LogP contribution is 2.16. The molecule has 2 heterocycles. The largest absolute Gasteiger partial charge is 0.377 e. The summed E-state index contributed by atoms with van der Waals surface area (Å²) >= 11 is 0. The summed E-state index contributed by atoms with van der Waals surface area (Å²) in [4.78, 5) is 0. The molecule has 2 rings (SSSR count). The van der Waals surface area contributed by atoms with E-state index in [1.54, 1.807) is 0 Å². The highest BCUT2D eigenvalue weighted by atomic mass is 16.5. The van der Waals surface area contributed by atoms with Crippen molar-refractivity contribution in [3.63, 3.8) is 0 Å². The molecular formula is C12H21N3O. The normalized spacial score (nSPS) is 23.2. The topological polar surface area (TPSA) is 49.9 Å². The van der Waals surface area contributed by atoms with Crippen molar-refractivity contribution in [2.75, 3.05) is 13.2 Å². The van der Waals surface area contributed by atoms with Gasteiger partial charge in [-0.25, -0.2) is 0 Å². The van der Waals surface area contributed by atoms with Crippen molar-refractivity contribution >= 4 is 0 Å².